The van der Waals surface area contributed by atoms with Crippen LogP contribution in [0.15, 0.2) is 54.6 Å². The zero-order valence-electron chi connectivity index (χ0n) is 13.7. The van der Waals surface area contributed by atoms with E-state index in [1.165, 1.54) is 11.1 Å². The number of aromatic hydroxyl groups is 2. The third-order valence-corrected chi connectivity index (χ3v) is 4.79. The van der Waals surface area contributed by atoms with Crippen molar-refractivity contribution in [2.24, 2.45) is 0 Å². The van der Waals surface area contributed by atoms with Gasteiger partial charge in [-0.15, -0.1) is 0 Å². The molecule has 2 aromatic carbocycles. The zero-order chi connectivity index (χ0) is 16.4. The Bertz CT molecular complexity index is 698. The molecule has 0 amide bonds. The van der Waals surface area contributed by atoms with Gasteiger partial charge in [0.25, 0.3) is 0 Å². The van der Waals surface area contributed by atoms with Gasteiger partial charge in [0.2, 0.25) is 0 Å². The van der Waals surface area contributed by atoms with E-state index in [1.54, 1.807) is 12.1 Å². The van der Waals surface area contributed by atoms with E-state index in [0.717, 1.165) is 18.4 Å². The molecule has 1 aliphatic carbocycles. The molecule has 0 aliphatic heterocycles. The molecule has 120 valence electrons. The second kappa shape index (κ2) is 6.49. The smallest absolute Gasteiger partial charge is 0.119 e. The van der Waals surface area contributed by atoms with E-state index in [1.807, 2.05) is 24.3 Å². The van der Waals surface area contributed by atoms with E-state index >= 15 is 0 Å². The number of benzene rings is 2. The summed E-state index contributed by atoms with van der Waals surface area (Å²) in [6.07, 6.45) is 6.77. The molecule has 3 rings (SSSR count). The minimum Gasteiger partial charge on any atom is -0.508 e. The van der Waals surface area contributed by atoms with E-state index in [4.69, 9.17) is 0 Å². The van der Waals surface area contributed by atoms with Gasteiger partial charge in [-0.2, -0.15) is 0 Å². The summed E-state index contributed by atoms with van der Waals surface area (Å²) in [4.78, 5) is 0. The minimum atomic E-state index is 0.316. The Hall–Kier alpha value is -2.22. The van der Waals surface area contributed by atoms with Gasteiger partial charge in [0, 0.05) is 11.8 Å². The van der Waals surface area contributed by atoms with Crippen LogP contribution >= 0.6 is 0 Å². The standard InChI is InChI=1S/C21H24O2/c1-14(2)20-13-18(9-12-21(20)23)17-5-3-15(4-6-17)16-7-10-19(22)11-8-16/h3,5,7-15,17,22-23H,4,6H2,1-2H3. The van der Waals surface area contributed by atoms with Crippen LogP contribution in [0.4, 0.5) is 0 Å². The molecule has 2 aromatic rings. The summed E-state index contributed by atoms with van der Waals surface area (Å²) >= 11 is 0. The maximum Gasteiger partial charge on any atom is 0.119 e. The fourth-order valence-electron chi connectivity index (χ4n) is 3.36. The Morgan fingerprint density at radius 1 is 0.826 bits per heavy atom. The van der Waals surface area contributed by atoms with E-state index in [2.05, 4.69) is 32.1 Å². The highest BCUT2D eigenvalue weighted by Crippen LogP contribution is 2.37. The Kier molecular flexibility index (Phi) is 4.42. The number of rotatable bonds is 3. The van der Waals surface area contributed by atoms with Crippen molar-refractivity contribution in [1.29, 1.82) is 0 Å². The van der Waals surface area contributed by atoms with Crippen LogP contribution in [0, 0.1) is 0 Å². The number of hydrogen-bond donors (Lipinski definition) is 2. The molecule has 2 atom stereocenters. The average molecular weight is 308 g/mol. The third kappa shape index (κ3) is 3.42. The number of phenols is 2. The predicted molar refractivity (Wildman–Crippen MR) is 94.2 cm³/mol. The second-order valence-electron chi connectivity index (χ2n) is 6.74. The third-order valence-electron chi connectivity index (χ3n) is 4.79. The van der Waals surface area contributed by atoms with Crippen molar-refractivity contribution in [3.05, 3.63) is 71.3 Å². The van der Waals surface area contributed by atoms with Crippen LogP contribution < -0.4 is 0 Å². The molecule has 1 aliphatic rings. The van der Waals surface area contributed by atoms with Gasteiger partial charge >= 0.3 is 0 Å². The first kappa shape index (κ1) is 15.7. The van der Waals surface area contributed by atoms with Crippen LogP contribution in [-0.4, -0.2) is 10.2 Å². The molecular formula is C21H24O2. The van der Waals surface area contributed by atoms with Crippen molar-refractivity contribution in [2.45, 2.75) is 44.4 Å². The molecule has 0 fully saturated rings. The van der Waals surface area contributed by atoms with Crippen molar-refractivity contribution in [3.63, 3.8) is 0 Å². The lowest BCUT2D eigenvalue weighted by atomic mass is 9.81. The number of hydrogen-bond acceptors (Lipinski definition) is 2. The van der Waals surface area contributed by atoms with Gasteiger partial charge in [-0.05, 0) is 53.6 Å². The highest BCUT2D eigenvalue weighted by Gasteiger charge is 2.19. The Morgan fingerprint density at radius 2 is 1.39 bits per heavy atom. The highest BCUT2D eigenvalue weighted by molar-refractivity contribution is 5.41. The Balaban J connectivity index is 1.78. The fourth-order valence-corrected chi connectivity index (χ4v) is 3.36. The summed E-state index contributed by atoms with van der Waals surface area (Å²) in [5.41, 5.74) is 3.56. The van der Waals surface area contributed by atoms with Crippen molar-refractivity contribution >= 4 is 0 Å². The second-order valence-corrected chi connectivity index (χ2v) is 6.74. The molecule has 0 spiro atoms. The first-order valence-electron chi connectivity index (χ1n) is 8.34. The lowest BCUT2D eigenvalue weighted by molar-refractivity contribution is 0.464. The van der Waals surface area contributed by atoms with Crippen LogP contribution in [0.25, 0.3) is 0 Å². The fraction of sp³-hybridized carbons (Fsp3) is 0.333. The SMILES string of the molecule is CC(C)c1cc(C2C=CC(c3ccc(O)cc3)CC2)ccc1O. The largest absolute Gasteiger partial charge is 0.508 e. The minimum absolute atomic E-state index is 0.316. The zero-order valence-corrected chi connectivity index (χ0v) is 13.7. The van der Waals surface area contributed by atoms with Crippen LogP contribution in [0.3, 0.4) is 0 Å². The van der Waals surface area contributed by atoms with Crippen molar-refractivity contribution in [3.8, 4) is 11.5 Å². The van der Waals surface area contributed by atoms with Crippen molar-refractivity contribution in [2.75, 3.05) is 0 Å². The Labute approximate surface area is 138 Å². The van der Waals surface area contributed by atoms with Gasteiger partial charge < -0.3 is 10.2 Å². The molecule has 2 unspecified atom stereocenters. The topological polar surface area (TPSA) is 40.5 Å². The van der Waals surface area contributed by atoms with Gasteiger partial charge in [0.15, 0.2) is 0 Å². The van der Waals surface area contributed by atoms with Gasteiger partial charge in [0.05, 0.1) is 0 Å². The maximum absolute atomic E-state index is 9.98. The van der Waals surface area contributed by atoms with Crippen LogP contribution in [0.1, 0.15) is 61.1 Å². The number of allylic oxidation sites excluding steroid dienone is 2. The molecule has 0 aromatic heterocycles. The van der Waals surface area contributed by atoms with Crippen LogP contribution in [-0.2, 0) is 0 Å². The van der Waals surface area contributed by atoms with Gasteiger partial charge in [0.1, 0.15) is 11.5 Å². The highest BCUT2D eigenvalue weighted by atomic mass is 16.3. The van der Waals surface area contributed by atoms with E-state index in [-0.39, 0.29) is 0 Å². The maximum atomic E-state index is 9.98. The van der Waals surface area contributed by atoms with Crippen LogP contribution in [0.5, 0.6) is 11.5 Å². The molecule has 0 bridgehead atoms. The summed E-state index contributed by atoms with van der Waals surface area (Å²) in [6.45, 7) is 4.22. The van der Waals surface area contributed by atoms with Crippen molar-refractivity contribution < 1.29 is 10.2 Å². The molecule has 2 nitrogen and oxygen atoms in total. The molecule has 2 heteroatoms. The Morgan fingerprint density at radius 3 is 1.96 bits per heavy atom. The molecule has 2 N–H and O–H groups in total. The lowest BCUT2D eigenvalue weighted by Gasteiger charge is -2.24. The van der Waals surface area contributed by atoms with Gasteiger partial charge in [-0.1, -0.05) is 50.3 Å². The summed E-state index contributed by atoms with van der Waals surface area (Å²) < 4.78 is 0. The first-order valence-corrected chi connectivity index (χ1v) is 8.34. The molecule has 23 heavy (non-hydrogen) atoms. The monoisotopic (exact) mass is 308 g/mol. The number of phenolic OH excluding ortho intramolecular Hbond substituents is 2. The molecule has 0 radical (unpaired) electrons. The van der Waals surface area contributed by atoms with E-state index in [9.17, 15) is 10.2 Å². The average Bonchev–Trinajstić information content (AvgIpc) is 2.56. The van der Waals surface area contributed by atoms with Crippen LogP contribution in [0.2, 0.25) is 0 Å². The van der Waals surface area contributed by atoms with E-state index in [0.29, 0.717) is 29.3 Å². The van der Waals surface area contributed by atoms with Crippen molar-refractivity contribution in [1.82, 2.24) is 0 Å². The summed E-state index contributed by atoms with van der Waals surface area (Å²) in [6, 6.07) is 13.5. The lowest BCUT2D eigenvalue weighted by Crippen LogP contribution is -2.07. The van der Waals surface area contributed by atoms with E-state index < -0.39 is 0 Å². The normalized spacial score (nSPS) is 20.8. The van der Waals surface area contributed by atoms with Gasteiger partial charge in [-0.3, -0.25) is 0 Å². The molecule has 0 saturated heterocycles. The molecular weight excluding hydrogens is 284 g/mol. The quantitative estimate of drug-likeness (QED) is 0.741. The summed E-state index contributed by atoms with van der Waals surface area (Å²) in [5, 5.41) is 19.4. The predicted octanol–water partition coefficient (Wildman–Crippen LogP) is 5.44. The summed E-state index contributed by atoms with van der Waals surface area (Å²) in [7, 11) is 0. The molecule has 0 saturated carbocycles. The first-order chi connectivity index (χ1) is 11.0. The van der Waals surface area contributed by atoms with Gasteiger partial charge in [-0.25, -0.2) is 0 Å². The summed E-state index contributed by atoms with van der Waals surface area (Å²) in [5.74, 6) is 1.88. The molecule has 0 heterocycles.